The fraction of sp³-hybridized carbons (Fsp3) is 0. The SMILES string of the molecule is C(=Nc1ccccc1)c1ccccc1.Oc1ccccc1. The second-order valence-electron chi connectivity index (χ2n) is 4.34. The predicted octanol–water partition coefficient (Wildman–Crippen LogP) is 4.83. The van der Waals surface area contributed by atoms with E-state index in [1.165, 1.54) is 0 Å². The molecule has 21 heavy (non-hydrogen) atoms. The Morgan fingerprint density at radius 2 is 1.10 bits per heavy atom. The molecule has 104 valence electrons. The lowest BCUT2D eigenvalue weighted by atomic mass is 10.2. The van der Waals surface area contributed by atoms with Crippen molar-refractivity contribution in [1.29, 1.82) is 0 Å². The van der Waals surface area contributed by atoms with Crippen LogP contribution in [0.1, 0.15) is 5.56 Å². The molecule has 0 unspecified atom stereocenters. The Labute approximate surface area is 125 Å². The highest BCUT2D eigenvalue weighted by atomic mass is 16.3. The Balaban J connectivity index is 0.000000194. The van der Waals surface area contributed by atoms with Crippen LogP contribution in [0.2, 0.25) is 0 Å². The number of nitrogens with zero attached hydrogens (tertiary/aromatic N) is 1. The largest absolute Gasteiger partial charge is 0.508 e. The third kappa shape index (κ3) is 5.74. The summed E-state index contributed by atoms with van der Waals surface area (Å²) in [7, 11) is 0. The Bertz CT molecular complexity index is 607. The normalized spacial score (nSPS) is 9.90. The maximum Gasteiger partial charge on any atom is 0.115 e. The number of hydrogen-bond donors (Lipinski definition) is 1. The van der Waals surface area contributed by atoms with Gasteiger partial charge in [0, 0.05) is 6.21 Å². The molecule has 0 heterocycles. The number of rotatable bonds is 2. The molecule has 0 aromatic heterocycles. The van der Waals surface area contributed by atoms with Crippen LogP contribution in [0.5, 0.6) is 5.75 Å². The van der Waals surface area contributed by atoms with E-state index >= 15 is 0 Å². The third-order valence-corrected chi connectivity index (χ3v) is 2.67. The highest BCUT2D eigenvalue weighted by Gasteiger charge is 1.85. The lowest BCUT2D eigenvalue weighted by Crippen LogP contribution is -1.77. The van der Waals surface area contributed by atoms with Crippen LogP contribution in [0, 0.1) is 0 Å². The first kappa shape index (κ1) is 14.5. The summed E-state index contributed by atoms with van der Waals surface area (Å²) < 4.78 is 0. The van der Waals surface area contributed by atoms with E-state index in [9.17, 15) is 0 Å². The lowest BCUT2D eigenvalue weighted by molar-refractivity contribution is 0.475. The zero-order valence-corrected chi connectivity index (χ0v) is 11.6. The maximum atomic E-state index is 8.63. The van der Waals surface area contributed by atoms with E-state index in [1.807, 2.05) is 72.9 Å². The van der Waals surface area contributed by atoms with Crippen LogP contribution >= 0.6 is 0 Å². The highest BCUT2D eigenvalue weighted by molar-refractivity contribution is 5.81. The van der Waals surface area contributed by atoms with Gasteiger partial charge in [-0.2, -0.15) is 0 Å². The molecule has 0 saturated heterocycles. The van der Waals surface area contributed by atoms with Gasteiger partial charge in [-0.15, -0.1) is 0 Å². The molecule has 2 heteroatoms. The fourth-order valence-electron chi connectivity index (χ4n) is 1.63. The Morgan fingerprint density at radius 1 is 0.619 bits per heavy atom. The summed E-state index contributed by atoms with van der Waals surface area (Å²) in [6, 6.07) is 28.7. The van der Waals surface area contributed by atoms with Crippen LogP contribution in [0.15, 0.2) is 96.0 Å². The van der Waals surface area contributed by atoms with Crippen molar-refractivity contribution in [3.63, 3.8) is 0 Å². The van der Waals surface area contributed by atoms with Gasteiger partial charge >= 0.3 is 0 Å². The number of para-hydroxylation sites is 2. The van der Waals surface area contributed by atoms with Gasteiger partial charge in [-0.05, 0) is 29.8 Å². The van der Waals surface area contributed by atoms with Crippen molar-refractivity contribution in [3.8, 4) is 5.75 Å². The summed E-state index contributed by atoms with van der Waals surface area (Å²) >= 11 is 0. The molecule has 0 aliphatic carbocycles. The molecule has 2 nitrogen and oxygen atoms in total. The summed E-state index contributed by atoms with van der Waals surface area (Å²) in [4.78, 5) is 4.35. The van der Waals surface area contributed by atoms with E-state index in [-0.39, 0.29) is 0 Å². The van der Waals surface area contributed by atoms with Crippen LogP contribution in [-0.2, 0) is 0 Å². The molecule has 0 spiro atoms. The monoisotopic (exact) mass is 275 g/mol. The number of phenolic OH excluding ortho intramolecular Hbond substituents is 1. The molecule has 0 bridgehead atoms. The first-order valence-corrected chi connectivity index (χ1v) is 6.73. The molecule has 0 aliphatic heterocycles. The lowest BCUT2D eigenvalue weighted by Gasteiger charge is -1.92. The standard InChI is InChI=1S/C13H11N.C6H6O/c1-3-7-12(8-4-1)11-14-13-9-5-2-6-10-13;7-6-4-2-1-3-5-6/h1-11H;1-5,7H. The zero-order valence-electron chi connectivity index (χ0n) is 11.6. The molecule has 3 aromatic carbocycles. The van der Waals surface area contributed by atoms with Crippen LogP contribution in [-0.4, -0.2) is 11.3 Å². The van der Waals surface area contributed by atoms with Gasteiger partial charge in [0.2, 0.25) is 0 Å². The zero-order chi connectivity index (χ0) is 14.8. The van der Waals surface area contributed by atoms with Crippen LogP contribution < -0.4 is 0 Å². The van der Waals surface area contributed by atoms with Gasteiger partial charge in [-0.3, -0.25) is 4.99 Å². The second-order valence-corrected chi connectivity index (χ2v) is 4.34. The smallest absolute Gasteiger partial charge is 0.115 e. The minimum Gasteiger partial charge on any atom is -0.508 e. The quantitative estimate of drug-likeness (QED) is 0.667. The van der Waals surface area contributed by atoms with E-state index in [4.69, 9.17) is 5.11 Å². The van der Waals surface area contributed by atoms with Gasteiger partial charge in [-0.1, -0.05) is 66.7 Å². The summed E-state index contributed by atoms with van der Waals surface area (Å²) in [5.74, 6) is 0.322. The Morgan fingerprint density at radius 3 is 1.57 bits per heavy atom. The van der Waals surface area contributed by atoms with E-state index in [0.29, 0.717) is 5.75 Å². The molecular formula is C19H17NO. The van der Waals surface area contributed by atoms with E-state index in [2.05, 4.69) is 4.99 Å². The van der Waals surface area contributed by atoms with Crippen LogP contribution in [0.25, 0.3) is 0 Å². The van der Waals surface area contributed by atoms with Gasteiger partial charge in [0.1, 0.15) is 5.75 Å². The van der Waals surface area contributed by atoms with Gasteiger partial charge in [0.25, 0.3) is 0 Å². The topological polar surface area (TPSA) is 32.6 Å². The number of aromatic hydroxyl groups is 1. The number of aliphatic imine (C=N–C) groups is 1. The number of benzene rings is 3. The molecule has 1 N–H and O–H groups in total. The molecular weight excluding hydrogens is 258 g/mol. The van der Waals surface area contributed by atoms with Gasteiger partial charge in [0.15, 0.2) is 0 Å². The van der Waals surface area contributed by atoms with Gasteiger partial charge in [-0.25, -0.2) is 0 Å². The van der Waals surface area contributed by atoms with E-state index < -0.39 is 0 Å². The molecule has 0 amide bonds. The van der Waals surface area contributed by atoms with Crippen LogP contribution in [0.4, 0.5) is 5.69 Å². The third-order valence-electron chi connectivity index (χ3n) is 2.67. The van der Waals surface area contributed by atoms with Crippen molar-refractivity contribution in [2.75, 3.05) is 0 Å². The van der Waals surface area contributed by atoms with Crippen molar-refractivity contribution in [1.82, 2.24) is 0 Å². The summed E-state index contributed by atoms with van der Waals surface area (Å²) in [6.07, 6.45) is 1.87. The van der Waals surface area contributed by atoms with Crippen molar-refractivity contribution in [3.05, 3.63) is 96.6 Å². The van der Waals surface area contributed by atoms with E-state index in [0.717, 1.165) is 11.3 Å². The van der Waals surface area contributed by atoms with Gasteiger partial charge in [0.05, 0.1) is 5.69 Å². The average Bonchev–Trinajstić information content (AvgIpc) is 2.56. The summed E-state index contributed by atoms with van der Waals surface area (Å²) in [6.45, 7) is 0. The van der Waals surface area contributed by atoms with Crippen molar-refractivity contribution in [2.45, 2.75) is 0 Å². The first-order chi connectivity index (χ1) is 10.3. The predicted molar refractivity (Wildman–Crippen MR) is 88.2 cm³/mol. The molecule has 0 fully saturated rings. The van der Waals surface area contributed by atoms with Crippen molar-refractivity contribution >= 4 is 11.9 Å². The van der Waals surface area contributed by atoms with Crippen molar-refractivity contribution in [2.24, 2.45) is 4.99 Å². The summed E-state index contributed by atoms with van der Waals surface area (Å²) in [5.41, 5.74) is 2.10. The fourth-order valence-corrected chi connectivity index (χ4v) is 1.63. The van der Waals surface area contributed by atoms with E-state index in [1.54, 1.807) is 24.3 Å². The van der Waals surface area contributed by atoms with Gasteiger partial charge < -0.3 is 5.11 Å². The van der Waals surface area contributed by atoms with Crippen LogP contribution in [0.3, 0.4) is 0 Å². The average molecular weight is 275 g/mol. The number of hydrogen-bond acceptors (Lipinski definition) is 2. The maximum absolute atomic E-state index is 8.63. The number of phenols is 1. The minimum absolute atomic E-state index is 0.322. The Kier molecular flexibility index (Phi) is 5.77. The minimum atomic E-state index is 0.322. The molecule has 0 aliphatic rings. The molecule has 0 atom stereocenters. The van der Waals surface area contributed by atoms with Crippen molar-refractivity contribution < 1.29 is 5.11 Å². The molecule has 3 aromatic rings. The molecule has 0 radical (unpaired) electrons. The molecule has 0 saturated carbocycles. The highest BCUT2D eigenvalue weighted by Crippen LogP contribution is 2.09. The molecule has 3 rings (SSSR count). The summed E-state index contributed by atoms with van der Waals surface area (Å²) in [5, 5.41) is 8.63. The first-order valence-electron chi connectivity index (χ1n) is 6.73. The second kappa shape index (κ2) is 8.33. The Hall–Kier alpha value is -2.87.